The van der Waals surface area contributed by atoms with E-state index in [4.69, 9.17) is 23.4 Å². The van der Waals surface area contributed by atoms with Gasteiger partial charge in [-0.1, -0.05) is 144 Å². The Bertz CT molecular complexity index is 3470. The van der Waals surface area contributed by atoms with E-state index in [0.29, 0.717) is 22.9 Å². The number of hydrogen-bond acceptors (Lipinski definition) is 4. The van der Waals surface area contributed by atoms with Crippen LogP contribution in [0.2, 0.25) is 0 Å². The van der Waals surface area contributed by atoms with Crippen molar-refractivity contribution in [3.63, 3.8) is 0 Å². The highest BCUT2D eigenvalue weighted by atomic mass is 16.5. The summed E-state index contributed by atoms with van der Waals surface area (Å²) in [6.45, 7) is 10.9. The average molecular weight is 791 g/mol. The molecule has 0 amide bonds. The minimum Gasteiger partial charge on any atom is -0.457 e. The standard InChI is InChI=1S/C55H48N4O/c1-37(2)40-31-42(34-44(32-40)60-43-27-28-48-47-21-12-13-24-49(47)59(52(48)35-43)53-33-41(29-30-56-53)55(3,4)5)57-36-58(51-26-15-14-25-50(51)57)54-45(38-17-8-6-9-18-38)22-16-23-46(54)39-19-10-7-11-20-39/h6-35,37H,36H2,1-5H3/i6D,7D,8D,9D,10D,11D,17D,18D,19D,20D. The first-order chi connectivity index (χ1) is 33.3. The molecule has 60 heavy (non-hydrogen) atoms. The van der Waals surface area contributed by atoms with E-state index in [9.17, 15) is 0 Å². The van der Waals surface area contributed by atoms with Crippen molar-refractivity contribution in [2.75, 3.05) is 16.5 Å². The van der Waals surface area contributed by atoms with Gasteiger partial charge in [0.15, 0.2) is 0 Å². The van der Waals surface area contributed by atoms with Gasteiger partial charge in [0.05, 0.1) is 41.8 Å². The molecule has 0 radical (unpaired) electrons. The smallest absolute Gasteiger partial charge is 0.137 e. The van der Waals surface area contributed by atoms with Crippen LogP contribution < -0.4 is 14.5 Å². The molecule has 0 N–H and O–H groups in total. The molecule has 3 heterocycles. The number of nitrogens with zero attached hydrogens (tertiary/aromatic N) is 4. The monoisotopic (exact) mass is 790 g/mol. The van der Waals surface area contributed by atoms with Gasteiger partial charge < -0.3 is 14.5 Å². The van der Waals surface area contributed by atoms with Gasteiger partial charge in [0.1, 0.15) is 24.0 Å². The van der Waals surface area contributed by atoms with Gasteiger partial charge >= 0.3 is 0 Å². The summed E-state index contributed by atoms with van der Waals surface area (Å²) in [7, 11) is 0. The first-order valence-electron chi connectivity index (χ1n) is 25.1. The highest BCUT2D eigenvalue weighted by Gasteiger charge is 2.32. The van der Waals surface area contributed by atoms with Crippen LogP contribution in [0.5, 0.6) is 11.5 Å². The third-order valence-electron chi connectivity index (χ3n) is 11.2. The number of anilines is 4. The Morgan fingerprint density at radius 2 is 1.27 bits per heavy atom. The molecule has 5 heteroatoms. The topological polar surface area (TPSA) is 33.5 Å². The van der Waals surface area contributed by atoms with E-state index in [0.717, 1.165) is 44.6 Å². The minimum atomic E-state index is -0.548. The van der Waals surface area contributed by atoms with E-state index in [1.165, 1.54) is 5.56 Å². The van der Waals surface area contributed by atoms with Crippen LogP contribution >= 0.6 is 0 Å². The van der Waals surface area contributed by atoms with Gasteiger partial charge in [0.2, 0.25) is 0 Å². The van der Waals surface area contributed by atoms with Gasteiger partial charge in [-0.2, -0.15) is 0 Å². The third kappa shape index (κ3) is 6.66. The number of rotatable bonds is 8. The van der Waals surface area contributed by atoms with Crippen LogP contribution in [0.25, 0.3) is 49.9 Å². The Morgan fingerprint density at radius 1 is 0.617 bits per heavy atom. The van der Waals surface area contributed by atoms with Crippen molar-refractivity contribution in [2.24, 2.45) is 0 Å². The molecule has 5 nitrogen and oxygen atoms in total. The van der Waals surface area contributed by atoms with Crippen LogP contribution in [0.15, 0.2) is 182 Å². The molecule has 1 aliphatic rings. The summed E-state index contributed by atoms with van der Waals surface area (Å²) in [5.41, 5.74) is 6.86. The molecule has 2 aromatic heterocycles. The Kier molecular flexibility index (Phi) is 6.85. The first-order valence-corrected chi connectivity index (χ1v) is 20.1. The number of pyridine rings is 1. The molecule has 0 saturated carbocycles. The fourth-order valence-corrected chi connectivity index (χ4v) is 8.19. The Balaban J connectivity index is 1.13. The van der Waals surface area contributed by atoms with Crippen molar-refractivity contribution >= 4 is 44.6 Å². The SMILES string of the molecule is [2H]c1c([2H])c([2H])c(-c2cccc(-c3c([2H])c([2H])c([2H])c([2H])c3[2H])c2N2CN(c3cc(Oc4ccc5c6ccccc6n(-c6cc(C(C)(C)C)ccn6)c5c4)cc(C(C)C)c3)c3ccccc32)c([2H])c1[2H]. The molecule has 10 rings (SSSR count). The summed E-state index contributed by atoms with van der Waals surface area (Å²) < 4.78 is 96.5. The summed E-state index contributed by atoms with van der Waals surface area (Å²) >= 11 is 0. The normalized spacial score (nSPS) is 15.1. The van der Waals surface area contributed by atoms with Gasteiger partial charge in [-0.15, -0.1) is 0 Å². The molecule has 0 spiro atoms. The van der Waals surface area contributed by atoms with Crippen LogP contribution in [-0.2, 0) is 5.41 Å². The fraction of sp³-hybridized carbons (Fsp3) is 0.145. The molecule has 0 fully saturated rings. The predicted molar refractivity (Wildman–Crippen MR) is 251 cm³/mol. The maximum absolute atomic E-state index is 9.08. The van der Waals surface area contributed by atoms with Crippen molar-refractivity contribution < 1.29 is 18.4 Å². The maximum Gasteiger partial charge on any atom is 0.137 e. The van der Waals surface area contributed by atoms with E-state index in [2.05, 4.69) is 80.5 Å². The van der Waals surface area contributed by atoms with Crippen molar-refractivity contribution in [1.82, 2.24) is 9.55 Å². The number of ether oxygens (including phenoxy) is 1. The average Bonchev–Trinajstić information content (AvgIpc) is 3.89. The lowest BCUT2D eigenvalue weighted by atomic mass is 9.88. The number of aromatic nitrogens is 2. The van der Waals surface area contributed by atoms with Gasteiger partial charge in [0, 0.05) is 45.9 Å². The zero-order chi connectivity index (χ0) is 49.7. The second kappa shape index (κ2) is 14.9. The fourth-order valence-electron chi connectivity index (χ4n) is 8.19. The van der Waals surface area contributed by atoms with Crippen LogP contribution in [0.1, 0.15) is 65.4 Å². The van der Waals surface area contributed by atoms with Crippen molar-refractivity contribution in [1.29, 1.82) is 0 Å². The zero-order valence-electron chi connectivity index (χ0n) is 44.0. The lowest BCUT2D eigenvalue weighted by Crippen LogP contribution is -2.25. The molecule has 7 aromatic carbocycles. The van der Waals surface area contributed by atoms with Gasteiger partial charge in [-0.25, -0.2) is 4.98 Å². The van der Waals surface area contributed by atoms with E-state index in [1.54, 1.807) is 18.2 Å². The second-order valence-corrected chi connectivity index (χ2v) is 16.4. The summed E-state index contributed by atoms with van der Waals surface area (Å²) in [4.78, 5) is 8.86. The highest BCUT2D eigenvalue weighted by molar-refractivity contribution is 6.09. The number of para-hydroxylation sites is 4. The molecular weight excluding hydrogens is 733 g/mol. The van der Waals surface area contributed by atoms with Crippen LogP contribution in [0, 0.1) is 0 Å². The molecule has 1 aliphatic heterocycles. The molecule has 0 atom stereocenters. The molecule has 0 aliphatic carbocycles. The quantitative estimate of drug-likeness (QED) is 0.153. The largest absolute Gasteiger partial charge is 0.457 e. The molecule has 0 unspecified atom stereocenters. The number of hydrogen-bond donors (Lipinski definition) is 0. The van der Waals surface area contributed by atoms with Crippen molar-refractivity contribution in [2.45, 2.75) is 46.0 Å². The van der Waals surface area contributed by atoms with Crippen molar-refractivity contribution in [3.05, 3.63) is 193 Å². The zero-order valence-corrected chi connectivity index (χ0v) is 34.0. The molecule has 0 bridgehead atoms. The van der Waals surface area contributed by atoms with Crippen LogP contribution in [0.4, 0.5) is 22.7 Å². The molecular formula is C55H48N4O. The summed E-state index contributed by atoms with van der Waals surface area (Å²) in [6, 6.07) is 32.3. The summed E-state index contributed by atoms with van der Waals surface area (Å²) in [5.74, 6) is 2.10. The first kappa shape index (κ1) is 27.6. The van der Waals surface area contributed by atoms with Crippen molar-refractivity contribution in [3.8, 4) is 39.6 Å². The number of benzene rings is 7. The lowest BCUT2D eigenvalue weighted by molar-refractivity contribution is 0.482. The van der Waals surface area contributed by atoms with Gasteiger partial charge in [-0.3, -0.25) is 4.57 Å². The van der Waals surface area contributed by atoms with Gasteiger partial charge in [0.25, 0.3) is 0 Å². The van der Waals surface area contributed by atoms with E-state index < -0.39 is 60.4 Å². The Labute approximate surface area is 366 Å². The Hall–Kier alpha value is -7.11. The third-order valence-corrected chi connectivity index (χ3v) is 11.2. The maximum atomic E-state index is 9.08. The van der Waals surface area contributed by atoms with E-state index in [1.807, 2.05) is 71.8 Å². The predicted octanol–water partition coefficient (Wildman–Crippen LogP) is 15.0. The summed E-state index contributed by atoms with van der Waals surface area (Å²) in [5, 5.41) is 2.15. The molecule has 294 valence electrons. The van der Waals surface area contributed by atoms with Crippen LogP contribution in [-0.4, -0.2) is 16.2 Å². The highest BCUT2D eigenvalue weighted by Crippen LogP contribution is 2.50. The molecule has 9 aromatic rings. The minimum absolute atomic E-state index is 0.0858. The second-order valence-electron chi connectivity index (χ2n) is 16.4. The summed E-state index contributed by atoms with van der Waals surface area (Å²) in [6.07, 6.45) is 1.86. The molecule has 0 saturated heterocycles. The van der Waals surface area contributed by atoms with Crippen LogP contribution in [0.3, 0.4) is 0 Å². The Morgan fingerprint density at radius 3 is 1.95 bits per heavy atom. The van der Waals surface area contributed by atoms with E-state index in [-0.39, 0.29) is 40.3 Å². The van der Waals surface area contributed by atoms with Gasteiger partial charge in [-0.05, 0) is 88.2 Å². The lowest BCUT2D eigenvalue weighted by Gasteiger charge is -2.27. The number of fused-ring (bicyclic) bond motifs is 4. The van der Waals surface area contributed by atoms with E-state index >= 15 is 0 Å².